The first-order chi connectivity index (χ1) is 6.77. The minimum absolute atomic E-state index is 0.0300. The summed E-state index contributed by atoms with van der Waals surface area (Å²) >= 11 is 0. The predicted octanol–water partition coefficient (Wildman–Crippen LogP) is -0.180. The number of aliphatic hydroxyl groups excluding tert-OH is 1. The minimum atomic E-state index is -0.155. The largest absolute Gasteiger partial charge is 0.393 e. The van der Waals surface area contributed by atoms with Crippen molar-refractivity contribution in [3.8, 4) is 0 Å². The van der Waals surface area contributed by atoms with Gasteiger partial charge < -0.3 is 10.0 Å². The summed E-state index contributed by atoms with van der Waals surface area (Å²) in [5, 5.41) is 9.36. The van der Waals surface area contributed by atoms with Crippen molar-refractivity contribution in [2.45, 2.75) is 37.8 Å². The molecule has 1 saturated heterocycles. The van der Waals surface area contributed by atoms with Crippen LogP contribution in [0.25, 0.3) is 0 Å². The van der Waals surface area contributed by atoms with E-state index in [9.17, 15) is 9.90 Å². The van der Waals surface area contributed by atoms with Gasteiger partial charge in [0.1, 0.15) is 0 Å². The molecule has 5 nitrogen and oxygen atoms in total. The van der Waals surface area contributed by atoms with E-state index < -0.39 is 0 Å². The molecule has 2 fully saturated rings. The lowest BCUT2D eigenvalue weighted by Crippen LogP contribution is -2.59. The Morgan fingerprint density at radius 2 is 2.00 bits per heavy atom. The van der Waals surface area contributed by atoms with Crippen molar-refractivity contribution < 1.29 is 9.90 Å². The van der Waals surface area contributed by atoms with Gasteiger partial charge in [0.25, 0.3) is 0 Å². The molecular formula is C9H17N3O2. The van der Waals surface area contributed by atoms with Gasteiger partial charge in [-0.25, -0.2) is 10.2 Å². The second-order valence-electron chi connectivity index (χ2n) is 4.01. The number of nitrogens with one attached hydrogen (secondary N) is 2. The normalized spacial score (nSPS) is 34.1. The zero-order chi connectivity index (χ0) is 9.97. The van der Waals surface area contributed by atoms with E-state index in [1.54, 1.807) is 0 Å². The zero-order valence-corrected chi connectivity index (χ0v) is 8.20. The molecule has 1 heterocycles. The van der Waals surface area contributed by atoms with E-state index >= 15 is 0 Å². The van der Waals surface area contributed by atoms with Gasteiger partial charge in [-0.15, -0.1) is 0 Å². The number of carbonyl (C=O) groups is 1. The summed E-state index contributed by atoms with van der Waals surface area (Å²) in [5.74, 6) is 0. The molecular weight excluding hydrogens is 182 g/mol. The molecule has 2 rings (SSSR count). The SMILES string of the molecule is O=C1NNCCN1C1CCC(O)CC1. The molecule has 14 heavy (non-hydrogen) atoms. The van der Waals surface area contributed by atoms with Crippen molar-refractivity contribution in [1.82, 2.24) is 15.8 Å². The first-order valence-corrected chi connectivity index (χ1v) is 5.25. The average Bonchev–Trinajstić information content (AvgIpc) is 2.20. The van der Waals surface area contributed by atoms with Gasteiger partial charge in [-0.2, -0.15) is 0 Å². The molecule has 1 saturated carbocycles. The van der Waals surface area contributed by atoms with E-state index in [4.69, 9.17) is 0 Å². The maximum Gasteiger partial charge on any atom is 0.332 e. The summed E-state index contributed by atoms with van der Waals surface area (Å²) in [6.45, 7) is 1.57. The number of urea groups is 1. The third-order valence-electron chi connectivity index (χ3n) is 3.04. The summed E-state index contributed by atoms with van der Waals surface area (Å²) in [7, 11) is 0. The number of rotatable bonds is 1. The van der Waals surface area contributed by atoms with Gasteiger partial charge in [-0.05, 0) is 25.7 Å². The Labute approximate surface area is 83.4 Å². The second kappa shape index (κ2) is 4.14. The summed E-state index contributed by atoms with van der Waals surface area (Å²) in [4.78, 5) is 13.3. The molecule has 1 aliphatic heterocycles. The lowest BCUT2D eigenvalue weighted by Gasteiger charge is -2.38. The van der Waals surface area contributed by atoms with E-state index in [0.29, 0.717) is 6.04 Å². The van der Waals surface area contributed by atoms with E-state index in [2.05, 4.69) is 10.9 Å². The van der Waals surface area contributed by atoms with Crippen LogP contribution in [0.15, 0.2) is 0 Å². The Hall–Kier alpha value is -0.810. The van der Waals surface area contributed by atoms with Crippen molar-refractivity contribution in [3.05, 3.63) is 0 Å². The fourth-order valence-corrected chi connectivity index (χ4v) is 2.21. The molecule has 2 amide bonds. The topological polar surface area (TPSA) is 64.6 Å². The maximum atomic E-state index is 11.5. The fraction of sp³-hybridized carbons (Fsp3) is 0.889. The molecule has 0 aromatic rings. The molecule has 0 bridgehead atoms. The van der Waals surface area contributed by atoms with E-state index in [1.165, 1.54) is 0 Å². The number of aliphatic hydroxyl groups is 1. The maximum absolute atomic E-state index is 11.5. The van der Waals surface area contributed by atoms with Crippen LogP contribution in [0.3, 0.4) is 0 Å². The predicted molar refractivity (Wildman–Crippen MR) is 51.5 cm³/mol. The van der Waals surface area contributed by atoms with Crippen LogP contribution < -0.4 is 10.9 Å². The molecule has 0 spiro atoms. The Bertz CT molecular complexity index is 214. The molecule has 0 aromatic carbocycles. The summed E-state index contributed by atoms with van der Waals surface area (Å²) in [6.07, 6.45) is 3.34. The molecule has 3 N–H and O–H groups in total. The van der Waals surface area contributed by atoms with Crippen LogP contribution in [0.1, 0.15) is 25.7 Å². The molecule has 1 aliphatic carbocycles. The highest BCUT2D eigenvalue weighted by molar-refractivity contribution is 5.74. The van der Waals surface area contributed by atoms with Crippen molar-refractivity contribution in [2.75, 3.05) is 13.1 Å². The fourth-order valence-electron chi connectivity index (χ4n) is 2.21. The highest BCUT2D eigenvalue weighted by Crippen LogP contribution is 2.23. The second-order valence-corrected chi connectivity index (χ2v) is 4.01. The first-order valence-electron chi connectivity index (χ1n) is 5.25. The molecule has 0 aromatic heterocycles. The number of amides is 2. The Balaban J connectivity index is 1.90. The van der Waals surface area contributed by atoms with Gasteiger partial charge in [-0.3, -0.25) is 5.43 Å². The molecule has 80 valence electrons. The highest BCUT2D eigenvalue weighted by atomic mass is 16.3. The Morgan fingerprint density at radius 3 is 2.64 bits per heavy atom. The van der Waals surface area contributed by atoms with Crippen LogP contribution in [0, 0.1) is 0 Å². The number of nitrogens with zero attached hydrogens (tertiary/aromatic N) is 1. The molecule has 5 heteroatoms. The smallest absolute Gasteiger partial charge is 0.332 e. The third kappa shape index (κ3) is 1.99. The standard InChI is InChI=1S/C9H17N3O2/c13-8-3-1-7(2-4-8)12-6-5-10-11-9(12)14/h7-8,10,13H,1-6H2,(H,11,14). The number of carbonyl (C=O) groups excluding carboxylic acids is 1. The van der Waals surface area contributed by atoms with Crippen LogP contribution in [-0.4, -0.2) is 41.3 Å². The van der Waals surface area contributed by atoms with Gasteiger partial charge >= 0.3 is 6.03 Å². The quantitative estimate of drug-likeness (QED) is 0.549. The zero-order valence-electron chi connectivity index (χ0n) is 8.20. The summed E-state index contributed by atoms with van der Waals surface area (Å²) in [5.41, 5.74) is 5.44. The highest BCUT2D eigenvalue weighted by Gasteiger charge is 2.29. The van der Waals surface area contributed by atoms with E-state index in [0.717, 1.165) is 38.8 Å². The third-order valence-corrected chi connectivity index (χ3v) is 3.04. The average molecular weight is 199 g/mol. The Morgan fingerprint density at radius 1 is 1.29 bits per heavy atom. The van der Waals surface area contributed by atoms with Crippen LogP contribution in [-0.2, 0) is 0 Å². The van der Waals surface area contributed by atoms with Gasteiger partial charge in [0.05, 0.1) is 6.10 Å². The van der Waals surface area contributed by atoms with Gasteiger partial charge in [0.15, 0.2) is 0 Å². The molecule has 0 radical (unpaired) electrons. The Kier molecular flexibility index (Phi) is 2.88. The number of hydrogen-bond acceptors (Lipinski definition) is 3. The summed E-state index contributed by atoms with van der Waals surface area (Å²) < 4.78 is 0. The monoisotopic (exact) mass is 199 g/mol. The molecule has 0 atom stereocenters. The van der Waals surface area contributed by atoms with Crippen LogP contribution in [0.5, 0.6) is 0 Å². The van der Waals surface area contributed by atoms with E-state index in [-0.39, 0.29) is 12.1 Å². The molecule has 2 aliphatic rings. The van der Waals surface area contributed by atoms with Gasteiger partial charge in [-0.1, -0.05) is 0 Å². The van der Waals surface area contributed by atoms with Crippen LogP contribution in [0.4, 0.5) is 4.79 Å². The van der Waals surface area contributed by atoms with Crippen molar-refractivity contribution in [2.24, 2.45) is 0 Å². The lowest BCUT2D eigenvalue weighted by atomic mass is 9.92. The van der Waals surface area contributed by atoms with Gasteiger partial charge in [0.2, 0.25) is 0 Å². The minimum Gasteiger partial charge on any atom is -0.393 e. The molecule has 0 unspecified atom stereocenters. The van der Waals surface area contributed by atoms with Crippen molar-refractivity contribution in [1.29, 1.82) is 0 Å². The first kappa shape index (κ1) is 9.73. The lowest BCUT2D eigenvalue weighted by molar-refractivity contribution is 0.0780. The summed E-state index contributed by atoms with van der Waals surface area (Å²) in [6, 6.07) is 0.290. The van der Waals surface area contributed by atoms with Gasteiger partial charge in [0, 0.05) is 19.1 Å². The van der Waals surface area contributed by atoms with Crippen molar-refractivity contribution in [3.63, 3.8) is 0 Å². The van der Waals surface area contributed by atoms with Crippen LogP contribution >= 0.6 is 0 Å². The van der Waals surface area contributed by atoms with E-state index in [1.807, 2.05) is 4.90 Å². The van der Waals surface area contributed by atoms with Crippen molar-refractivity contribution >= 4 is 6.03 Å². The number of hydrazine groups is 1. The number of hydrogen-bond donors (Lipinski definition) is 3. The van der Waals surface area contributed by atoms with Crippen LogP contribution in [0.2, 0.25) is 0 Å².